The van der Waals surface area contributed by atoms with Crippen LogP contribution in [0.2, 0.25) is 0 Å². The monoisotopic (exact) mass is 261 g/mol. The van der Waals surface area contributed by atoms with Crippen molar-refractivity contribution in [3.8, 4) is 0 Å². The summed E-state index contributed by atoms with van der Waals surface area (Å²) in [6.45, 7) is 3.12. The summed E-state index contributed by atoms with van der Waals surface area (Å²) in [7, 11) is 2.08. The number of anilines is 1. The number of hydrogen-bond acceptors (Lipinski definition) is 3. The molecule has 0 amide bonds. The molecule has 1 aromatic heterocycles. The van der Waals surface area contributed by atoms with Crippen LogP contribution in [0.25, 0.3) is 0 Å². The van der Waals surface area contributed by atoms with E-state index in [4.69, 9.17) is 0 Å². The van der Waals surface area contributed by atoms with Gasteiger partial charge in [0, 0.05) is 29.7 Å². The van der Waals surface area contributed by atoms with Crippen molar-refractivity contribution in [2.45, 2.75) is 20.0 Å². The van der Waals surface area contributed by atoms with E-state index < -0.39 is 0 Å². The number of aliphatic hydroxyl groups is 1. The van der Waals surface area contributed by atoms with Crippen LogP contribution in [0.3, 0.4) is 0 Å². The van der Waals surface area contributed by atoms with Crippen molar-refractivity contribution in [2.75, 3.05) is 18.5 Å². The number of hydrogen-bond donors (Lipinski definition) is 1. The van der Waals surface area contributed by atoms with Gasteiger partial charge in [0.2, 0.25) is 0 Å². The Morgan fingerprint density at radius 1 is 1.28 bits per heavy atom. The van der Waals surface area contributed by atoms with Crippen molar-refractivity contribution < 1.29 is 5.11 Å². The first-order valence-corrected chi connectivity index (χ1v) is 7.02. The highest BCUT2D eigenvalue weighted by atomic mass is 32.1. The molecule has 0 aliphatic rings. The van der Waals surface area contributed by atoms with E-state index in [1.165, 1.54) is 10.4 Å². The number of rotatable bonds is 5. The first-order valence-electron chi connectivity index (χ1n) is 6.14. The number of aliphatic hydroxyl groups excluding tert-OH is 1. The Morgan fingerprint density at radius 3 is 2.78 bits per heavy atom. The predicted octanol–water partition coefficient (Wildman–Crippen LogP) is 3.23. The van der Waals surface area contributed by atoms with Crippen LogP contribution >= 0.6 is 11.3 Å². The molecule has 0 aliphatic heterocycles. The lowest BCUT2D eigenvalue weighted by molar-refractivity contribution is 0.282. The lowest BCUT2D eigenvalue weighted by Gasteiger charge is -2.22. The molecule has 0 unspecified atom stereocenters. The Hall–Kier alpha value is -1.32. The third-order valence-corrected chi connectivity index (χ3v) is 4.03. The summed E-state index contributed by atoms with van der Waals surface area (Å²) in [5, 5.41) is 11.5. The van der Waals surface area contributed by atoms with Gasteiger partial charge >= 0.3 is 0 Å². The Morgan fingerprint density at radius 2 is 2.11 bits per heavy atom. The maximum atomic E-state index is 9.42. The minimum Gasteiger partial charge on any atom is -0.392 e. The molecule has 0 atom stereocenters. The zero-order valence-corrected chi connectivity index (χ0v) is 11.7. The second kappa shape index (κ2) is 6.03. The summed E-state index contributed by atoms with van der Waals surface area (Å²) in [5.41, 5.74) is 3.32. The second-order valence-corrected chi connectivity index (χ2v) is 5.57. The largest absolute Gasteiger partial charge is 0.392 e. The fraction of sp³-hybridized carbons (Fsp3) is 0.333. The fourth-order valence-electron chi connectivity index (χ4n) is 2.07. The molecule has 0 bridgehead atoms. The van der Waals surface area contributed by atoms with Gasteiger partial charge in [0.25, 0.3) is 0 Å². The first-order chi connectivity index (χ1) is 8.70. The molecule has 0 saturated heterocycles. The van der Waals surface area contributed by atoms with Crippen LogP contribution < -0.4 is 4.90 Å². The highest BCUT2D eigenvalue weighted by Crippen LogP contribution is 2.21. The Labute approximate surface area is 113 Å². The standard InChI is InChI=1S/C15H19NOS/c1-12-5-6-15(13(10-12)11-17)16(2)8-7-14-4-3-9-18-14/h3-6,9-10,17H,7-8,11H2,1-2H3. The minimum absolute atomic E-state index is 0.0976. The van der Waals surface area contributed by atoms with Crippen molar-refractivity contribution in [1.29, 1.82) is 0 Å². The van der Waals surface area contributed by atoms with Gasteiger partial charge in [-0.2, -0.15) is 0 Å². The number of likely N-dealkylation sites (N-methyl/N-ethyl adjacent to an activating group) is 1. The van der Waals surface area contributed by atoms with Crippen LogP contribution in [-0.4, -0.2) is 18.7 Å². The smallest absolute Gasteiger partial charge is 0.0702 e. The van der Waals surface area contributed by atoms with Crippen molar-refractivity contribution in [1.82, 2.24) is 0 Å². The molecule has 18 heavy (non-hydrogen) atoms. The quantitative estimate of drug-likeness (QED) is 0.893. The maximum absolute atomic E-state index is 9.42. The highest BCUT2D eigenvalue weighted by molar-refractivity contribution is 7.09. The van der Waals surface area contributed by atoms with Gasteiger partial charge in [-0.15, -0.1) is 11.3 Å². The summed E-state index contributed by atoms with van der Waals surface area (Å²) >= 11 is 1.80. The van der Waals surface area contributed by atoms with E-state index in [2.05, 4.69) is 54.6 Å². The Balaban J connectivity index is 2.06. The molecule has 2 nitrogen and oxygen atoms in total. The molecule has 1 aromatic carbocycles. The van der Waals surface area contributed by atoms with E-state index in [9.17, 15) is 5.11 Å². The predicted molar refractivity (Wildman–Crippen MR) is 78.4 cm³/mol. The van der Waals surface area contributed by atoms with Crippen LogP contribution in [-0.2, 0) is 13.0 Å². The molecule has 0 radical (unpaired) electrons. The summed E-state index contributed by atoms with van der Waals surface area (Å²) in [6.07, 6.45) is 1.05. The van der Waals surface area contributed by atoms with Gasteiger partial charge in [-0.05, 0) is 30.9 Å². The molecule has 1 N–H and O–H groups in total. The molecule has 0 fully saturated rings. The fourth-order valence-corrected chi connectivity index (χ4v) is 2.76. The maximum Gasteiger partial charge on any atom is 0.0702 e. The average molecular weight is 261 g/mol. The molecule has 96 valence electrons. The van der Waals surface area contributed by atoms with Gasteiger partial charge in [-0.25, -0.2) is 0 Å². The van der Waals surface area contributed by atoms with E-state index in [1.807, 2.05) is 0 Å². The number of thiophene rings is 1. The van der Waals surface area contributed by atoms with Gasteiger partial charge in [-0.1, -0.05) is 23.8 Å². The Kier molecular flexibility index (Phi) is 4.39. The molecule has 0 aliphatic carbocycles. The number of nitrogens with zero attached hydrogens (tertiary/aromatic N) is 1. The van der Waals surface area contributed by atoms with Crippen molar-refractivity contribution >= 4 is 17.0 Å². The molecule has 1 heterocycles. The number of aryl methyl sites for hydroxylation is 1. The first kappa shape index (κ1) is 13.1. The van der Waals surface area contributed by atoms with Gasteiger partial charge in [0.1, 0.15) is 0 Å². The van der Waals surface area contributed by atoms with Crippen LogP contribution in [0.4, 0.5) is 5.69 Å². The molecule has 2 aromatic rings. The van der Waals surface area contributed by atoms with E-state index >= 15 is 0 Å². The molecule has 3 heteroatoms. The molecular formula is C15H19NOS. The third kappa shape index (κ3) is 3.12. The molecule has 2 rings (SSSR count). The van der Waals surface area contributed by atoms with Crippen LogP contribution in [0.1, 0.15) is 16.0 Å². The zero-order valence-electron chi connectivity index (χ0n) is 10.9. The normalized spacial score (nSPS) is 10.6. The highest BCUT2D eigenvalue weighted by Gasteiger charge is 2.07. The molecule has 0 spiro atoms. The lowest BCUT2D eigenvalue weighted by atomic mass is 10.1. The topological polar surface area (TPSA) is 23.5 Å². The van der Waals surface area contributed by atoms with E-state index in [0.717, 1.165) is 24.2 Å². The van der Waals surface area contributed by atoms with Gasteiger partial charge in [0.15, 0.2) is 0 Å². The molecular weight excluding hydrogens is 242 g/mol. The SMILES string of the molecule is Cc1ccc(N(C)CCc2cccs2)c(CO)c1. The van der Waals surface area contributed by atoms with Crippen molar-refractivity contribution in [3.05, 3.63) is 51.7 Å². The van der Waals surface area contributed by atoms with E-state index in [1.54, 1.807) is 11.3 Å². The Bertz CT molecular complexity index is 493. The van der Waals surface area contributed by atoms with Crippen LogP contribution in [0.5, 0.6) is 0 Å². The van der Waals surface area contributed by atoms with Gasteiger partial charge in [0.05, 0.1) is 6.61 Å². The van der Waals surface area contributed by atoms with Crippen molar-refractivity contribution in [3.63, 3.8) is 0 Å². The second-order valence-electron chi connectivity index (χ2n) is 4.54. The van der Waals surface area contributed by atoms with Crippen molar-refractivity contribution in [2.24, 2.45) is 0 Å². The van der Waals surface area contributed by atoms with E-state index in [0.29, 0.717) is 0 Å². The van der Waals surface area contributed by atoms with Gasteiger partial charge < -0.3 is 10.0 Å². The van der Waals surface area contributed by atoms with Crippen LogP contribution in [0.15, 0.2) is 35.7 Å². The average Bonchev–Trinajstić information content (AvgIpc) is 2.88. The van der Waals surface area contributed by atoms with E-state index in [-0.39, 0.29) is 6.61 Å². The minimum atomic E-state index is 0.0976. The summed E-state index contributed by atoms with van der Waals surface area (Å²) in [4.78, 5) is 3.62. The van der Waals surface area contributed by atoms with Crippen LogP contribution in [0, 0.1) is 6.92 Å². The zero-order chi connectivity index (χ0) is 13.0. The lowest BCUT2D eigenvalue weighted by Crippen LogP contribution is -2.21. The summed E-state index contributed by atoms with van der Waals surface area (Å²) in [5.74, 6) is 0. The van der Waals surface area contributed by atoms with Gasteiger partial charge in [-0.3, -0.25) is 0 Å². The summed E-state index contributed by atoms with van der Waals surface area (Å²) < 4.78 is 0. The third-order valence-electron chi connectivity index (χ3n) is 3.09. The molecule has 0 saturated carbocycles. The number of benzene rings is 1. The summed E-state index contributed by atoms with van der Waals surface area (Å²) in [6, 6.07) is 10.5.